The van der Waals surface area contributed by atoms with Crippen LogP contribution in [0.15, 0.2) is 54.6 Å². The van der Waals surface area contributed by atoms with Crippen LogP contribution >= 0.6 is 0 Å². The zero-order chi connectivity index (χ0) is 18.4. The number of likely N-dealkylation sites (tertiary alicyclic amines) is 1. The molecular formula is C20H21N3O3. The summed E-state index contributed by atoms with van der Waals surface area (Å²) in [6.45, 7) is 1.46. The third-order valence-electron chi connectivity index (χ3n) is 4.31. The van der Waals surface area contributed by atoms with Gasteiger partial charge >= 0.3 is 0 Å². The molecule has 3 amide bonds. The normalized spacial score (nSPS) is 13.3. The van der Waals surface area contributed by atoms with E-state index in [1.807, 2.05) is 6.07 Å². The molecule has 26 heavy (non-hydrogen) atoms. The number of para-hydroxylation sites is 1. The fourth-order valence-corrected chi connectivity index (χ4v) is 2.90. The van der Waals surface area contributed by atoms with Crippen LogP contribution in [0.3, 0.4) is 0 Å². The summed E-state index contributed by atoms with van der Waals surface area (Å²) in [7, 11) is 0. The van der Waals surface area contributed by atoms with E-state index in [-0.39, 0.29) is 24.3 Å². The van der Waals surface area contributed by atoms with E-state index >= 15 is 0 Å². The molecule has 0 spiro atoms. The lowest BCUT2D eigenvalue weighted by atomic mass is 10.1. The van der Waals surface area contributed by atoms with Crippen molar-refractivity contribution < 1.29 is 14.4 Å². The van der Waals surface area contributed by atoms with Crippen molar-refractivity contribution in [1.82, 2.24) is 10.2 Å². The number of benzene rings is 2. The van der Waals surface area contributed by atoms with Gasteiger partial charge in [-0.15, -0.1) is 0 Å². The fourth-order valence-electron chi connectivity index (χ4n) is 2.90. The van der Waals surface area contributed by atoms with Crippen molar-refractivity contribution in [1.29, 1.82) is 0 Å². The SMILES string of the molecule is O=C(Nc1ccccc1C(=O)NCC(=O)N1CCCC1)c1ccccc1. The summed E-state index contributed by atoms with van der Waals surface area (Å²) in [6, 6.07) is 15.5. The topological polar surface area (TPSA) is 78.5 Å². The Kier molecular flexibility index (Phi) is 5.63. The monoisotopic (exact) mass is 351 g/mol. The van der Waals surface area contributed by atoms with Crippen LogP contribution in [0.1, 0.15) is 33.6 Å². The predicted octanol–water partition coefficient (Wildman–Crippen LogP) is 2.29. The first kappa shape index (κ1) is 17.7. The summed E-state index contributed by atoms with van der Waals surface area (Å²) in [4.78, 5) is 38.6. The number of hydrogen-bond acceptors (Lipinski definition) is 3. The van der Waals surface area contributed by atoms with Gasteiger partial charge in [-0.05, 0) is 37.1 Å². The Labute approximate surface area is 152 Å². The van der Waals surface area contributed by atoms with Crippen molar-refractivity contribution >= 4 is 23.4 Å². The molecular weight excluding hydrogens is 330 g/mol. The summed E-state index contributed by atoms with van der Waals surface area (Å²) < 4.78 is 0. The minimum atomic E-state index is -0.387. The highest BCUT2D eigenvalue weighted by Gasteiger charge is 2.19. The van der Waals surface area contributed by atoms with E-state index in [0.29, 0.717) is 16.8 Å². The number of anilines is 1. The van der Waals surface area contributed by atoms with E-state index in [2.05, 4.69) is 10.6 Å². The molecule has 0 aromatic heterocycles. The first-order valence-corrected chi connectivity index (χ1v) is 8.66. The summed E-state index contributed by atoms with van der Waals surface area (Å²) in [6.07, 6.45) is 2.02. The zero-order valence-electron chi connectivity index (χ0n) is 14.4. The Balaban J connectivity index is 1.65. The first-order chi connectivity index (χ1) is 12.6. The quantitative estimate of drug-likeness (QED) is 0.867. The Morgan fingerprint density at radius 1 is 0.846 bits per heavy atom. The number of nitrogens with zero attached hydrogens (tertiary/aromatic N) is 1. The molecule has 3 rings (SSSR count). The van der Waals surface area contributed by atoms with E-state index in [0.717, 1.165) is 25.9 Å². The van der Waals surface area contributed by atoms with Gasteiger partial charge < -0.3 is 15.5 Å². The number of amides is 3. The van der Waals surface area contributed by atoms with Gasteiger partial charge in [-0.2, -0.15) is 0 Å². The highest BCUT2D eigenvalue weighted by molar-refractivity contribution is 6.09. The van der Waals surface area contributed by atoms with E-state index in [4.69, 9.17) is 0 Å². The Bertz CT molecular complexity index is 799. The summed E-state index contributed by atoms with van der Waals surface area (Å²) in [5.41, 5.74) is 1.24. The van der Waals surface area contributed by atoms with Crippen LogP contribution in [-0.2, 0) is 4.79 Å². The lowest BCUT2D eigenvalue weighted by Gasteiger charge is -2.16. The second-order valence-electron chi connectivity index (χ2n) is 6.14. The number of rotatable bonds is 5. The van der Waals surface area contributed by atoms with Crippen LogP contribution in [0.2, 0.25) is 0 Å². The van der Waals surface area contributed by atoms with Crippen molar-refractivity contribution in [2.24, 2.45) is 0 Å². The molecule has 0 aliphatic carbocycles. The van der Waals surface area contributed by atoms with E-state index < -0.39 is 0 Å². The maximum absolute atomic E-state index is 12.5. The molecule has 2 aromatic carbocycles. The number of carbonyl (C=O) groups excluding carboxylic acids is 3. The Morgan fingerprint density at radius 3 is 2.23 bits per heavy atom. The summed E-state index contributed by atoms with van der Waals surface area (Å²) in [5.74, 6) is -0.762. The van der Waals surface area contributed by atoms with Crippen molar-refractivity contribution in [2.75, 3.05) is 25.0 Å². The van der Waals surface area contributed by atoms with Crippen LogP contribution < -0.4 is 10.6 Å². The lowest BCUT2D eigenvalue weighted by molar-refractivity contribution is -0.129. The molecule has 2 aromatic rings. The molecule has 0 atom stereocenters. The molecule has 1 heterocycles. The van der Waals surface area contributed by atoms with Gasteiger partial charge in [0.05, 0.1) is 17.8 Å². The zero-order valence-corrected chi connectivity index (χ0v) is 14.4. The van der Waals surface area contributed by atoms with Crippen LogP contribution in [-0.4, -0.2) is 42.3 Å². The minimum Gasteiger partial charge on any atom is -0.343 e. The fraction of sp³-hybridized carbons (Fsp3) is 0.250. The lowest BCUT2D eigenvalue weighted by Crippen LogP contribution is -2.38. The molecule has 2 N–H and O–H groups in total. The molecule has 0 unspecified atom stereocenters. The van der Waals surface area contributed by atoms with Crippen molar-refractivity contribution in [2.45, 2.75) is 12.8 Å². The summed E-state index contributed by atoms with van der Waals surface area (Å²) >= 11 is 0. The molecule has 1 saturated heterocycles. The number of nitrogens with one attached hydrogen (secondary N) is 2. The number of carbonyl (C=O) groups is 3. The largest absolute Gasteiger partial charge is 0.343 e. The van der Waals surface area contributed by atoms with Crippen LogP contribution in [0.4, 0.5) is 5.69 Å². The van der Waals surface area contributed by atoms with E-state index in [1.165, 1.54) is 0 Å². The minimum absolute atomic E-state index is 0.0419. The van der Waals surface area contributed by atoms with Gasteiger partial charge in [0.25, 0.3) is 11.8 Å². The van der Waals surface area contributed by atoms with Crippen LogP contribution in [0.25, 0.3) is 0 Å². The first-order valence-electron chi connectivity index (χ1n) is 8.66. The van der Waals surface area contributed by atoms with Gasteiger partial charge in [-0.3, -0.25) is 14.4 Å². The van der Waals surface area contributed by atoms with Gasteiger partial charge in [-0.25, -0.2) is 0 Å². The highest BCUT2D eigenvalue weighted by atomic mass is 16.2. The second kappa shape index (κ2) is 8.29. The van der Waals surface area contributed by atoms with E-state index in [1.54, 1.807) is 53.4 Å². The molecule has 0 radical (unpaired) electrons. The Hall–Kier alpha value is -3.15. The molecule has 0 bridgehead atoms. The third-order valence-corrected chi connectivity index (χ3v) is 4.31. The molecule has 0 saturated carbocycles. The van der Waals surface area contributed by atoms with Gasteiger partial charge in [0.15, 0.2) is 0 Å². The average molecular weight is 351 g/mol. The molecule has 1 fully saturated rings. The van der Waals surface area contributed by atoms with Crippen molar-refractivity contribution in [3.63, 3.8) is 0 Å². The molecule has 6 nitrogen and oxygen atoms in total. The Morgan fingerprint density at radius 2 is 1.50 bits per heavy atom. The van der Waals surface area contributed by atoms with Crippen LogP contribution in [0, 0.1) is 0 Å². The van der Waals surface area contributed by atoms with Crippen LogP contribution in [0.5, 0.6) is 0 Å². The van der Waals surface area contributed by atoms with Crippen molar-refractivity contribution in [3.05, 3.63) is 65.7 Å². The van der Waals surface area contributed by atoms with E-state index in [9.17, 15) is 14.4 Å². The van der Waals surface area contributed by atoms with Gasteiger partial charge in [0.1, 0.15) is 0 Å². The molecule has 134 valence electrons. The standard InChI is InChI=1S/C20H21N3O3/c24-18(23-12-6-7-13-23)14-21-20(26)16-10-4-5-11-17(16)22-19(25)15-8-2-1-3-9-15/h1-5,8-11H,6-7,12-14H2,(H,21,26)(H,22,25). The predicted molar refractivity (Wildman–Crippen MR) is 99.0 cm³/mol. The summed E-state index contributed by atoms with van der Waals surface area (Å²) in [5, 5.41) is 5.40. The maximum Gasteiger partial charge on any atom is 0.255 e. The van der Waals surface area contributed by atoms with Gasteiger partial charge in [0, 0.05) is 18.7 Å². The van der Waals surface area contributed by atoms with Gasteiger partial charge in [0.2, 0.25) is 5.91 Å². The smallest absolute Gasteiger partial charge is 0.255 e. The molecule has 1 aliphatic heterocycles. The molecule has 1 aliphatic rings. The number of hydrogen-bond donors (Lipinski definition) is 2. The average Bonchev–Trinajstić information content (AvgIpc) is 3.22. The van der Waals surface area contributed by atoms with Gasteiger partial charge in [-0.1, -0.05) is 30.3 Å². The highest BCUT2D eigenvalue weighted by Crippen LogP contribution is 2.16. The van der Waals surface area contributed by atoms with Crippen molar-refractivity contribution in [3.8, 4) is 0 Å². The second-order valence-corrected chi connectivity index (χ2v) is 6.14. The molecule has 6 heteroatoms. The third kappa shape index (κ3) is 4.27. The maximum atomic E-state index is 12.5.